The molecule has 2 rings (SSSR count). The average molecular weight is 388 g/mol. The summed E-state index contributed by atoms with van der Waals surface area (Å²) in [7, 11) is -3.20. The van der Waals surface area contributed by atoms with E-state index < -0.39 is 16.1 Å². The quantitative estimate of drug-likeness (QED) is 0.742. The van der Waals surface area contributed by atoms with Gasteiger partial charge in [-0.2, -0.15) is 0 Å². The van der Waals surface area contributed by atoms with Crippen molar-refractivity contribution < 1.29 is 18.0 Å². The van der Waals surface area contributed by atoms with Gasteiger partial charge < -0.3 is 10.2 Å². The Bertz CT molecular complexity index is 592. The number of rotatable bonds is 6. The third-order valence-electron chi connectivity index (χ3n) is 5.28. The Morgan fingerprint density at radius 3 is 2.12 bits per heavy atom. The number of piperidine rings is 2. The van der Waals surface area contributed by atoms with Gasteiger partial charge in [0.15, 0.2) is 0 Å². The summed E-state index contributed by atoms with van der Waals surface area (Å²) >= 11 is 0. The van der Waals surface area contributed by atoms with E-state index in [4.69, 9.17) is 0 Å². The average Bonchev–Trinajstić information content (AvgIpc) is 2.60. The first-order valence-corrected chi connectivity index (χ1v) is 11.6. The maximum atomic E-state index is 12.9. The van der Waals surface area contributed by atoms with Gasteiger partial charge in [0.2, 0.25) is 21.8 Å². The molecule has 0 aliphatic carbocycles. The molecule has 150 valence electrons. The Kier molecular flexibility index (Phi) is 7.46. The number of nitrogens with zero attached hydrogens (tertiary/aromatic N) is 2. The second-order valence-electron chi connectivity index (χ2n) is 8.01. The summed E-state index contributed by atoms with van der Waals surface area (Å²) in [6, 6.07) is -0.478. The van der Waals surface area contributed by atoms with Crippen molar-refractivity contribution in [2.75, 3.05) is 32.4 Å². The van der Waals surface area contributed by atoms with Crippen molar-refractivity contribution in [3.63, 3.8) is 0 Å². The molecule has 2 aliphatic heterocycles. The van der Waals surface area contributed by atoms with Gasteiger partial charge >= 0.3 is 0 Å². The van der Waals surface area contributed by atoms with Crippen molar-refractivity contribution in [2.45, 2.75) is 58.4 Å². The summed E-state index contributed by atoms with van der Waals surface area (Å²) in [4.78, 5) is 27.4. The second-order valence-corrected chi connectivity index (χ2v) is 10.00. The van der Waals surface area contributed by atoms with E-state index in [1.165, 1.54) is 10.6 Å². The lowest BCUT2D eigenvalue weighted by Crippen LogP contribution is -2.52. The Morgan fingerprint density at radius 2 is 1.62 bits per heavy atom. The lowest BCUT2D eigenvalue weighted by atomic mass is 9.95. The van der Waals surface area contributed by atoms with E-state index >= 15 is 0 Å². The largest absolute Gasteiger partial charge is 0.344 e. The molecule has 0 unspecified atom stereocenters. The van der Waals surface area contributed by atoms with Gasteiger partial charge in [-0.05, 0) is 44.4 Å². The lowest BCUT2D eigenvalue weighted by Gasteiger charge is -2.33. The molecule has 2 aliphatic rings. The summed E-state index contributed by atoms with van der Waals surface area (Å²) in [5, 5.41) is 2.97. The maximum Gasteiger partial charge on any atom is 0.245 e. The SMILES string of the molecule is CC(C)C[C@@H](NC(=O)C1CCN(S(C)(=O)=O)CC1)C(=O)N1CCCCC1. The molecule has 0 radical (unpaired) electrons. The molecule has 0 aromatic heterocycles. The third-order valence-corrected chi connectivity index (χ3v) is 6.59. The minimum Gasteiger partial charge on any atom is -0.344 e. The molecule has 8 heteroatoms. The van der Waals surface area contributed by atoms with E-state index in [2.05, 4.69) is 5.32 Å². The van der Waals surface area contributed by atoms with Crippen molar-refractivity contribution in [2.24, 2.45) is 11.8 Å². The lowest BCUT2D eigenvalue weighted by molar-refractivity contribution is -0.139. The highest BCUT2D eigenvalue weighted by molar-refractivity contribution is 7.88. The zero-order valence-electron chi connectivity index (χ0n) is 16.2. The van der Waals surface area contributed by atoms with Crippen molar-refractivity contribution >= 4 is 21.8 Å². The molecule has 0 aromatic carbocycles. The number of hydrogen-bond acceptors (Lipinski definition) is 4. The van der Waals surface area contributed by atoms with Crippen LogP contribution in [-0.2, 0) is 19.6 Å². The van der Waals surface area contributed by atoms with Gasteiger partial charge in [0.1, 0.15) is 6.04 Å². The number of likely N-dealkylation sites (tertiary alicyclic amines) is 1. The summed E-state index contributed by atoms with van der Waals surface area (Å²) in [6.45, 7) is 6.38. The first-order chi connectivity index (χ1) is 12.2. The second kappa shape index (κ2) is 9.17. The maximum absolute atomic E-state index is 12.9. The molecular weight excluding hydrogens is 354 g/mol. The van der Waals surface area contributed by atoms with E-state index in [0.717, 1.165) is 32.4 Å². The highest BCUT2D eigenvalue weighted by Gasteiger charge is 2.33. The zero-order valence-corrected chi connectivity index (χ0v) is 17.1. The van der Waals surface area contributed by atoms with Crippen molar-refractivity contribution in [3.8, 4) is 0 Å². The Morgan fingerprint density at radius 1 is 1.04 bits per heavy atom. The van der Waals surface area contributed by atoms with Crippen LogP contribution in [0.3, 0.4) is 0 Å². The molecule has 1 N–H and O–H groups in total. The fraction of sp³-hybridized carbons (Fsp3) is 0.889. The highest BCUT2D eigenvalue weighted by atomic mass is 32.2. The minimum atomic E-state index is -3.20. The van der Waals surface area contributed by atoms with Crippen LogP contribution < -0.4 is 5.32 Å². The number of hydrogen-bond donors (Lipinski definition) is 1. The summed E-state index contributed by atoms with van der Waals surface area (Å²) in [5.74, 6) is -0.00702. The fourth-order valence-corrected chi connectivity index (χ4v) is 4.64. The van der Waals surface area contributed by atoms with Crippen LogP contribution in [0.15, 0.2) is 0 Å². The van der Waals surface area contributed by atoms with Crippen molar-refractivity contribution in [1.29, 1.82) is 0 Å². The van der Waals surface area contributed by atoms with Crippen LogP contribution in [0.4, 0.5) is 0 Å². The predicted molar refractivity (Wildman–Crippen MR) is 101 cm³/mol. The summed E-state index contributed by atoms with van der Waals surface area (Å²) < 4.78 is 24.6. The highest BCUT2D eigenvalue weighted by Crippen LogP contribution is 2.20. The monoisotopic (exact) mass is 387 g/mol. The van der Waals surface area contributed by atoms with Gasteiger partial charge in [0, 0.05) is 32.1 Å². The first-order valence-electron chi connectivity index (χ1n) is 9.72. The smallest absolute Gasteiger partial charge is 0.245 e. The molecule has 2 amide bonds. The summed E-state index contributed by atoms with van der Waals surface area (Å²) in [6.07, 6.45) is 6.04. The van der Waals surface area contributed by atoms with E-state index in [0.29, 0.717) is 38.3 Å². The van der Waals surface area contributed by atoms with Crippen LogP contribution in [0.5, 0.6) is 0 Å². The standard InChI is InChI=1S/C18H33N3O4S/c1-14(2)13-16(18(23)20-9-5-4-6-10-20)19-17(22)15-7-11-21(12-8-15)26(3,24)25/h14-16H,4-13H2,1-3H3,(H,19,22)/t16-/m1/s1. The van der Waals surface area contributed by atoms with Crippen LogP contribution in [0.25, 0.3) is 0 Å². The first kappa shape index (κ1) is 21.2. The molecule has 0 aromatic rings. The number of amides is 2. The van der Waals surface area contributed by atoms with Crippen molar-refractivity contribution in [3.05, 3.63) is 0 Å². The third kappa shape index (κ3) is 5.94. The van der Waals surface area contributed by atoms with Gasteiger partial charge in [-0.15, -0.1) is 0 Å². The topological polar surface area (TPSA) is 86.8 Å². The van der Waals surface area contributed by atoms with Crippen LogP contribution in [0.1, 0.15) is 52.4 Å². The number of sulfonamides is 1. The molecule has 0 spiro atoms. The van der Waals surface area contributed by atoms with E-state index in [1.807, 2.05) is 18.7 Å². The predicted octanol–water partition coefficient (Wildman–Crippen LogP) is 1.20. The van der Waals surface area contributed by atoms with Crippen LogP contribution in [0.2, 0.25) is 0 Å². The van der Waals surface area contributed by atoms with Crippen LogP contribution in [0, 0.1) is 11.8 Å². The molecule has 0 saturated carbocycles. The molecule has 2 fully saturated rings. The summed E-state index contributed by atoms with van der Waals surface area (Å²) in [5.41, 5.74) is 0. The molecule has 1 atom stereocenters. The van der Waals surface area contributed by atoms with E-state index in [-0.39, 0.29) is 17.7 Å². The minimum absolute atomic E-state index is 0.0281. The van der Waals surface area contributed by atoms with Gasteiger partial charge in [0.05, 0.1) is 6.26 Å². The molecule has 2 saturated heterocycles. The van der Waals surface area contributed by atoms with E-state index in [9.17, 15) is 18.0 Å². The van der Waals surface area contributed by atoms with Crippen LogP contribution in [-0.4, -0.2) is 67.9 Å². The molecular formula is C18H33N3O4S. The van der Waals surface area contributed by atoms with Gasteiger partial charge in [-0.1, -0.05) is 13.8 Å². The Labute approximate surface area is 157 Å². The van der Waals surface area contributed by atoms with Gasteiger partial charge in [-0.3, -0.25) is 9.59 Å². The normalized spacial score (nSPS) is 21.6. The molecule has 0 bridgehead atoms. The molecule has 26 heavy (non-hydrogen) atoms. The Hall–Kier alpha value is -1.15. The molecule has 2 heterocycles. The number of carbonyl (C=O) groups is 2. The van der Waals surface area contributed by atoms with Crippen molar-refractivity contribution in [1.82, 2.24) is 14.5 Å². The Balaban J connectivity index is 1.95. The van der Waals surface area contributed by atoms with Crippen LogP contribution >= 0.6 is 0 Å². The van der Waals surface area contributed by atoms with Gasteiger partial charge in [0.25, 0.3) is 0 Å². The zero-order chi connectivity index (χ0) is 19.3. The molecule has 7 nitrogen and oxygen atoms in total. The number of carbonyl (C=O) groups excluding carboxylic acids is 2. The number of nitrogens with one attached hydrogen (secondary N) is 1. The van der Waals surface area contributed by atoms with E-state index in [1.54, 1.807) is 0 Å². The fourth-order valence-electron chi connectivity index (χ4n) is 3.77. The van der Waals surface area contributed by atoms with Gasteiger partial charge in [-0.25, -0.2) is 12.7 Å².